The zero-order valence-electron chi connectivity index (χ0n) is 29.5. The minimum Gasteiger partial charge on any atom is -0.0761 e. The first-order valence-corrected chi connectivity index (χ1v) is 18.0. The first-order valence-electron chi connectivity index (χ1n) is 18.0. The van der Waals surface area contributed by atoms with E-state index in [0.717, 1.165) is 6.42 Å². The van der Waals surface area contributed by atoms with E-state index >= 15 is 0 Å². The molecule has 8 aromatic carbocycles. The van der Waals surface area contributed by atoms with Gasteiger partial charge < -0.3 is 0 Å². The fourth-order valence-electron chi connectivity index (χ4n) is 7.38. The number of hydrogen-bond donors (Lipinski definition) is 0. The number of allylic oxidation sites excluding steroid dienone is 4. The summed E-state index contributed by atoms with van der Waals surface area (Å²) in [7, 11) is 0. The quantitative estimate of drug-likeness (QED) is 0.168. The molecule has 0 saturated heterocycles. The molecule has 9 rings (SSSR count). The van der Waals surface area contributed by atoms with Crippen molar-refractivity contribution >= 4 is 48.7 Å². The molecule has 0 fully saturated rings. The minimum atomic E-state index is 0.415. The van der Waals surface area contributed by atoms with E-state index in [2.05, 4.69) is 190 Å². The van der Waals surface area contributed by atoms with Crippen LogP contribution in [0.15, 0.2) is 176 Å². The van der Waals surface area contributed by atoms with Crippen LogP contribution in [0.3, 0.4) is 0 Å². The highest BCUT2D eigenvalue weighted by Gasteiger charge is 2.18. The summed E-state index contributed by atoms with van der Waals surface area (Å²) in [6, 6.07) is 56.8. The molecule has 1 aliphatic carbocycles. The van der Waals surface area contributed by atoms with Crippen LogP contribution in [0.4, 0.5) is 0 Å². The van der Waals surface area contributed by atoms with Gasteiger partial charge in [-0.1, -0.05) is 189 Å². The van der Waals surface area contributed by atoms with Crippen LogP contribution in [0.2, 0.25) is 0 Å². The van der Waals surface area contributed by atoms with Gasteiger partial charge in [0.2, 0.25) is 0 Å². The van der Waals surface area contributed by atoms with Gasteiger partial charge in [0.25, 0.3) is 0 Å². The molecule has 0 heterocycles. The van der Waals surface area contributed by atoms with E-state index in [0.29, 0.717) is 5.92 Å². The number of benzene rings is 8. The smallest absolute Gasteiger partial charge is 0.00622 e. The lowest BCUT2D eigenvalue weighted by atomic mass is 9.83. The zero-order chi connectivity index (χ0) is 34.5. The van der Waals surface area contributed by atoms with E-state index < -0.39 is 0 Å². The molecule has 0 heteroatoms. The van der Waals surface area contributed by atoms with Crippen molar-refractivity contribution in [3.63, 3.8) is 0 Å². The summed E-state index contributed by atoms with van der Waals surface area (Å²) in [6.07, 6.45) is 8.21. The van der Waals surface area contributed by atoms with Gasteiger partial charge in [0.05, 0.1) is 0 Å². The Balaban J connectivity index is 0.000000174. The van der Waals surface area contributed by atoms with Gasteiger partial charge in [-0.2, -0.15) is 0 Å². The molecule has 1 aliphatic rings. The maximum Gasteiger partial charge on any atom is 0.00622 e. The van der Waals surface area contributed by atoms with Crippen molar-refractivity contribution in [3.8, 4) is 11.1 Å². The van der Waals surface area contributed by atoms with Crippen molar-refractivity contribution in [2.24, 2.45) is 0 Å². The molecular formula is C50H44. The molecule has 0 aromatic heterocycles. The second-order valence-electron chi connectivity index (χ2n) is 12.9. The van der Waals surface area contributed by atoms with Gasteiger partial charge in [0.1, 0.15) is 0 Å². The molecule has 1 atom stereocenters. The summed E-state index contributed by atoms with van der Waals surface area (Å²) >= 11 is 0. The second kappa shape index (κ2) is 14.8. The lowest BCUT2D eigenvalue weighted by Crippen LogP contribution is -2.01. The maximum absolute atomic E-state index is 2.44. The normalized spacial score (nSPS) is 13.8. The Morgan fingerprint density at radius 3 is 1.64 bits per heavy atom. The topological polar surface area (TPSA) is 0 Å². The molecule has 0 aliphatic heterocycles. The molecule has 0 N–H and O–H groups in total. The van der Waals surface area contributed by atoms with Crippen LogP contribution in [-0.2, 0) is 0 Å². The van der Waals surface area contributed by atoms with E-state index in [9.17, 15) is 0 Å². The fraction of sp³-hybridized carbons (Fsp3) is 0.120. The summed E-state index contributed by atoms with van der Waals surface area (Å²) in [5.74, 6) is 0.415. The standard InChI is InChI=1S/C31H24.C17H14.C2H6/c1-21-25-11-4-6-14-29(25)31(30-15-7-5-12-26(21)30)24-19-17-23(18-20-24)28-16-8-10-22-9-2-3-13-27(22)28;1-13-6-8-15(9-7-13)17-11-10-14-4-2-3-5-16(14)12-17;1-2/h2-17,19-20,23H,18H2,1H3;2-12H,1H3;1-2H3. The lowest BCUT2D eigenvalue weighted by Gasteiger charge is -2.21. The van der Waals surface area contributed by atoms with Gasteiger partial charge in [-0.3, -0.25) is 0 Å². The van der Waals surface area contributed by atoms with Crippen molar-refractivity contribution in [2.75, 3.05) is 0 Å². The Morgan fingerprint density at radius 1 is 0.460 bits per heavy atom. The van der Waals surface area contributed by atoms with E-state index in [1.165, 1.54) is 82.0 Å². The Hall–Kier alpha value is -5.72. The minimum absolute atomic E-state index is 0.415. The molecule has 0 saturated carbocycles. The van der Waals surface area contributed by atoms with E-state index in [1.54, 1.807) is 0 Å². The van der Waals surface area contributed by atoms with Crippen molar-refractivity contribution in [2.45, 2.75) is 40.0 Å². The Morgan fingerprint density at radius 2 is 1.00 bits per heavy atom. The average molecular weight is 645 g/mol. The highest BCUT2D eigenvalue weighted by molar-refractivity contribution is 6.12. The van der Waals surface area contributed by atoms with E-state index in [4.69, 9.17) is 0 Å². The summed E-state index contributed by atoms with van der Waals surface area (Å²) < 4.78 is 0. The average Bonchev–Trinajstić information content (AvgIpc) is 3.19. The Labute approximate surface area is 297 Å². The van der Waals surface area contributed by atoms with Crippen molar-refractivity contribution in [3.05, 3.63) is 198 Å². The van der Waals surface area contributed by atoms with E-state index in [-0.39, 0.29) is 0 Å². The number of rotatable bonds is 3. The molecule has 0 bridgehead atoms. The van der Waals surface area contributed by atoms with Crippen molar-refractivity contribution in [1.29, 1.82) is 0 Å². The molecule has 8 aromatic rings. The third kappa shape index (κ3) is 6.50. The van der Waals surface area contributed by atoms with Crippen molar-refractivity contribution in [1.82, 2.24) is 0 Å². The molecule has 0 nitrogen and oxygen atoms in total. The van der Waals surface area contributed by atoms with Crippen LogP contribution in [0.5, 0.6) is 0 Å². The zero-order valence-corrected chi connectivity index (χ0v) is 29.5. The molecule has 50 heavy (non-hydrogen) atoms. The first kappa shape index (κ1) is 32.8. The molecule has 0 amide bonds. The van der Waals surface area contributed by atoms with Gasteiger partial charge in [-0.15, -0.1) is 0 Å². The molecular weight excluding hydrogens is 601 g/mol. The third-order valence-corrected chi connectivity index (χ3v) is 9.95. The Kier molecular flexibility index (Phi) is 9.72. The first-order chi connectivity index (χ1) is 24.6. The van der Waals surface area contributed by atoms with Crippen LogP contribution in [0, 0.1) is 13.8 Å². The molecule has 0 spiro atoms. The van der Waals surface area contributed by atoms with Gasteiger partial charge in [-0.05, 0) is 103 Å². The number of aryl methyl sites for hydroxylation is 2. The highest BCUT2D eigenvalue weighted by atomic mass is 14.2. The summed E-state index contributed by atoms with van der Waals surface area (Å²) in [5, 5.41) is 10.7. The summed E-state index contributed by atoms with van der Waals surface area (Å²) in [4.78, 5) is 0. The summed E-state index contributed by atoms with van der Waals surface area (Å²) in [5.41, 5.74) is 9.35. The molecule has 1 unspecified atom stereocenters. The van der Waals surface area contributed by atoms with Crippen molar-refractivity contribution < 1.29 is 0 Å². The van der Waals surface area contributed by atoms with Crippen LogP contribution in [0.1, 0.15) is 48.4 Å². The van der Waals surface area contributed by atoms with E-state index in [1.807, 2.05) is 13.8 Å². The fourth-order valence-corrected chi connectivity index (χ4v) is 7.38. The molecule has 244 valence electrons. The Bertz CT molecular complexity index is 2430. The molecule has 0 radical (unpaired) electrons. The predicted molar refractivity (Wildman–Crippen MR) is 220 cm³/mol. The second-order valence-corrected chi connectivity index (χ2v) is 12.9. The van der Waals surface area contributed by atoms with Crippen LogP contribution in [-0.4, -0.2) is 0 Å². The third-order valence-electron chi connectivity index (χ3n) is 9.95. The maximum atomic E-state index is 2.44. The summed E-state index contributed by atoms with van der Waals surface area (Å²) in [6.45, 7) is 8.36. The number of fused-ring (bicyclic) bond motifs is 4. The monoisotopic (exact) mass is 644 g/mol. The highest BCUT2D eigenvalue weighted by Crippen LogP contribution is 2.40. The van der Waals surface area contributed by atoms with Crippen LogP contribution in [0.25, 0.3) is 59.8 Å². The van der Waals surface area contributed by atoms with Crippen LogP contribution >= 0.6 is 0 Å². The predicted octanol–water partition coefficient (Wildman–Crippen LogP) is 14.4. The lowest BCUT2D eigenvalue weighted by molar-refractivity contribution is 0.865. The largest absolute Gasteiger partial charge is 0.0761 e. The van der Waals surface area contributed by atoms with Gasteiger partial charge in [0, 0.05) is 5.92 Å². The van der Waals surface area contributed by atoms with Gasteiger partial charge in [0.15, 0.2) is 0 Å². The van der Waals surface area contributed by atoms with Gasteiger partial charge in [-0.25, -0.2) is 0 Å². The SMILES string of the molecule is CC.Cc1c2ccccc2c(C2=CCC(c3cccc4ccccc34)C=C2)c2ccccc12.Cc1ccc(-c2ccc3ccccc3c2)cc1. The van der Waals surface area contributed by atoms with Crippen LogP contribution < -0.4 is 0 Å². The van der Waals surface area contributed by atoms with Gasteiger partial charge >= 0.3 is 0 Å². The number of hydrogen-bond acceptors (Lipinski definition) is 0.